The number of rotatable bonds is 7. The molecule has 0 aromatic heterocycles. The van der Waals surface area contributed by atoms with E-state index in [9.17, 15) is 8.42 Å². The van der Waals surface area contributed by atoms with Gasteiger partial charge in [0, 0.05) is 18.1 Å². The predicted molar refractivity (Wildman–Crippen MR) is 75.3 cm³/mol. The Morgan fingerprint density at radius 2 is 2.06 bits per heavy atom. The zero-order valence-electron chi connectivity index (χ0n) is 11.7. The van der Waals surface area contributed by atoms with Gasteiger partial charge in [0.1, 0.15) is 9.84 Å². The smallest absolute Gasteiger partial charge is 0.147 e. The van der Waals surface area contributed by atoms with Crippen LogP contribution in [-0.2, 0) is 9.84 Å². The summed E-state index contributed by atoms with van der Waals surface area (Å²) in [6.45, 7) is 0. The Kier molecular flexibility index (Phi) is 4.70. The van der Waals surface area contributed by atoms with Gasteiger partial charge < -0.3 is 5.32 Å². The first-order valence-electron chi connectivity index (χ1n) is 7.33. The highest BCUT2D eigenvalue weighted by molar-refractivity contribution is 7.90. The summed E-state index contributed by atoms with van der Waals surface area (Å²) in [5.41, 5.74) is 0. The van der Waals surface area contributed by atoms with Crippen LogP contribution in [0.5, 0.6) is 0 Å². The van der Waals surface area contributed by atoms with Crippen LogP contribution < -0.4 is 5.32 Å². The third-order valence-electron chi connectivity index (χ3n) is 4.95. The summed E-state index contributed by atoms with van der Waals surface area (Å²) >= 11 is 0. The van der Waals surface area contributed by atoms with Gasteiger partial charge in [-0.2, -0.15) is 0 Å². The minimum absolute atomic E-state index is 0.335. The average Bonchev–Trinajstić information content (AvgIpc) is 2.87. The molecule has 0 aromatic carbocycles. The van der Waals surface area contributed by atoms with Crippen molar-refractivity contribution in [3.63, 3.8) is 0 Å². The third kappa shape index (κ3) is 3.95. The van der Waals surface area contributed by atoms with E-state index in [1.54, 1.807) is 0 Å². The quantitative estimate of drug-likeness (QED) is 0.773. The largest absolute Gasteiger partial charge is 0.317 e. The molecule has 0 amide bonds. The topological polar surface area (TPSA) is 46.2 Å². The Labute approximate surface area is 112 Å². The van der Waals surface area contributed by atoms with Crippen molar-refractivity contribution in [1.82, 2.24) is 5.32 Å². The Morgan fingerprint density at radius 1 is 1.28 bits per heavy atom. The first-order chi connectivity index (χ1) is 8.48. The first-order valence-corrected chi connectivity index (χ1v) is 9.39. The van der Waals surface area contributed by atoms with E-state index in [0.29, 0.717) is 11.8 Å². The van der Waals surface area contributed by atoms with Crippen LogP contribution in [0.25, 0.3) is 0 Å². The second-order valence-corrected chi connectivity index (χ2v) is 8.69. The van der Waals surface area contributed by atoms with Crippen LogP contribution in [-0.4, -0.2) is 33.5 Å². The minimum Gasteiger partial charge on any atom is -0.317 e. The predicted octanol–water partition coefficient (Wildman–Crippen LogP) is 2.23. The van der Waals surface area contributed by atoms with Gasteiger partial charge in [0.15, 0.2) is 0 Å². The summed E-state index contributed by atoms with van der Waals surface area (Å²) in [7, 11) is -0.779. The van der Waals surface area contributed by atoms with Crippen molar-refractivity contribution < 1.29 is 8.42 Å². The molecule has 4 atom stereocenters. The van der Waals surface area contributed by atoms with Crippen molar-refractivity contribution >= 4 is 9.84 Å². The summed E-state index contributed by atoms with van der Waals surface area (Å²) < 4.78 is 22.3. The molecule has 2 bridgehead atoms. The van der Waals surface area contributed by atoms with Crippen LogP contribution in [0.4, 0.5) is 0 Å². The second-order valence-electron chi connectivity index (χ2n) is 6.43. The van der Waals surface area contributed by atoms with Crippen molar-refractivity contribution in [2.45, 2.75) is 51.0 Å². The van der Waals surface area contributed by atoms with E-state index in [1.807, 2.05) is 7.05 Å². The lowest BCUT2D eigenvalue weighted by Crippen LogP contribution is -2.30. The van der Waals surface area contributed by atoms with E-state index >= 15 is 0 Å². The molecule has 0 saturated heterocycles. The van der Waals surface area contributed by atoms with Crippen LogP contribution in [0.1, 0.15) is 44.9 Å². The van der Waals surface area contributed by atoms with Gasteiger partial charge in [-0.1, -0.05) is 6.42 Å². The van der Waals surface area contributed by atoms with Crippen molar-refractivity contribution in [2.75, 3.05) is 19.1 Å². The van der Waals surface area contributed by atoms with Crippen LogP contribution in [0.2, 0.25) is 0 Å². The molecule has 0 aromatic rings. The fourth-order valence-electron chi connectivity index (χ4n) is 4.00. The Bertz CT molecular complexity index is 366. The average molecular weight is 273 g/mol. The summed E-state index contributed by atoms with van der Waals surface area (Å²) in [4.78, 5) is 0. The van der Waals surface area contributed by atoms with Crippen LogP contribution in [0.15, 0.2) is 0 Å². The molecular weight excluding hydrogens is 246 g/mol. The highest BCUT2D eigenvalue weighted by Crippen LogP contribution is 2.50. The van der Waals surface area contributed by atoms with E-state index in [2.05, 4.69) is 5.32 Å². The number of nitrogens with one attached hydrogen (secondary N) is 1. The number of hydrogen-bond donors (Lipinski definition) is 1. The van der Waals surface area contributed by atoms with Gasteiger partial charge in [-0.15, -0.1) is 0 Å². The van der Waals surface area contributed by atoms with Gasteiger partial charge >= 0.3 is 0 Å². The maximum Gasteiger partial charge on any atom is 0.147 e. The van der Waals surface area contributed by atoms with E-state index in [0.717, 1.165) is 30.6 Å². The lowest BCUT2D eigenvalue weighted by molar-refractivity contribution is 0.276. The molecule has 2 saturated carbocycles. The molecule has 0 heterocycles. The molecule has 2 aliphatic rings. The highest BCUT2D eigenvalue weighted by Gasteiger charge is 2.39. The maximum absolute atomic E-state index is 11.1. The standard InChI is InChI=1S/C14H27NO2S/c1-15-14(4-3-7-18(2,16)17)10-13-9-11-5-6-12(13)8-11/h11-15H,3-10H2,1-2H3. The monoisotopic (exact) mass is 273 g/mol. The second kappa shape index (κ2) is 5.91. The van der Waals surface area contributed by atoms with Gasteiger partial charge in [-0.25, -0.2) is 8.42 Å². The maximum atomic E-state index is 11.1. The number of fused-ring (bicyclic) bond motifs is 2. The Balaban J connectivity index is 1.72. The molecule has 0 radical (unpaired) electrons. The summed E-state index contributed by atoms with van der Waals surface area (Å²) in [6, 6.07) is 0.510. The number of hydrogen-bond acceptors (Lipinski definition) is 3. The summed E-state index contributed by atoms with van der Waals surface area (Å²) in [6.07, 6.45) is 10.2. The fraction of sp³-hybridized carbons (Fsp3) is 1.00. The van der Waals surface area contributed by atoms with Crippen molar-refractivity contribution in [3.8, 4) is 0 Å². The Morgan fingerprint density at radius 3 is 2.56 bits per heavy atom. The SMILES string of the molecule is CNC(CCCS(C)(=O)=O)CC1CC2CCC1C2. The summed E-state index contributed by atoms with van der Waals surface area (Å²) in [5, 5.41) is 3.38. The Hall–Kier alpha value is -0.0900. The normalized spacial score (nSPS) is 32.9. The van der Waals surface area contributed by atoms with Crippen molar-refractivity contribution in [1.29, 1.82) is 0 Å². The molecule has 1 N–H and O–H groups in total. The van der Waals surface area contributed by atoms with Crippen LogP contribution in [0.3, 0.4) is 0 Å². The summed E-state index contributed by atoms with van der Waals surface area (Å²) in [5.74, 6) is 3.22. The fourth-order valence-corrected chi connectivity index (χ4v) is 4.69. The highest BCUT2D eigenvalue weighted by atomic mass is 32.2. The van der Waals surface area contributed by atoms with Crippen LogP contribution >= 0.6 is 0 Å². The van der Waals surface area contributed by atoms with Gasteiger partial charge in [0.2, 0.25) is 0 Å². The number of sulfone groups is 1. The van der Waals surface area contributed by atoms with Gasteiger partial charge in [0.05, 0.1) is 0 Å². The molecule has 3 nitrogen and oxygen atoms in total. The zero-order chi connectivity index (χ0) is 13.2. The molecule has 18 heavy (non-hydrogen) atoms. The molecule has 2 rings (SSSR count). The molecule has 2 aliphatic carbocycles. The minimum atomic E-state index is -2.79. The van der Waals surface area contributed by atoms with Crippen molar-refractivity contribution in [3.05, 3.63) is 0 Å². The van der Waals surface area contributed by atoms with Gasteiger partial charge in [0.25, 0.3) is 0 Å². The molecule has 4 unspecified atom stereocenters. The van der Waals surface area contributed by atoms with Gasteiger partial charge in [-0.05, 0) is 63.3 Å². The third-order valence-corrected chi connectivity index (χ3v) is 5.98. The van der Waals surface area contributed by atoms with Crippen LogP contribution in [0, 0.1) is 17.8 Å². The van der Waals surface area contributed by atoms with E-state index in [-0.39, 0.29) is 0 Å². The lowest BCUT2D eigenvalue weighted by Gasteiger charge is -2.26. The van der Waals surface area contributed by atoms with E-state index < -0.39 is 9.84 Å². The van der Waals surface area contributed by atoms with E-state index in [4.69, 9.17) is 0 Å². The molecule has 0 aliphatic heterocycles. The first kappa shape index (κ1) is 14.3. The molecule has 2 fully saturated rings. The zero-order valence-corrected chi connectivity index (χ0v) is 12.5. The molecule has 0 spiro atoms. The van der Waals surface area contributed by atoms with E-state index in [1.165, 1.54) is 38.4 Å². The molecule has 106 valence electrons. The lowest BCUT2D eigenvalue weighted by atomic mass is 9.83. The molecular formula is C14H27NO2S. The van der Waals surface area contributed by atoms with Gasteiger partial charge in [-0.3, -0.25) is 0 Å². The van der Waals surface area contributed by atoms with Crippen molar-refractivity contribution in [2.24, 2.45) is 17.8 Å². The molecule has 4 heteroatoms.